The number of rotatable bonds is 3. The molecule has 0 aliphatic carbocycles. The molecule has 0 saturated heterocycles. The molecule has 1 heterocycles. The van der Waals surface area contributed by atoms with Crippen LogP contribution in [0.1, 0.15) is 11.1 Å². The normalized spacial score (nSPS) is 11.0. The van der Waals surface area contributed by atoms with Crippen LogP contribution in [0.3, 0.4) is 0 Å². The second-order valence-electron chi connectivity index (χ2n) is 6.25. The maximum absolute atomic E-state index is 5.83. The van der Waals surface area contributed by atoms with Crippen LogP contribution in [0.15, 0.2) is 78.9 Å². The van der Waals surface area contributed by atoms with E-state index in [-0.39, 0.29) is 0 Å². The van der Waals surface area contributed by atoms with Crippen LogP contribution in [0, 0.1) is 6.92 Å². The molecule has 0 fully saturated rings. The molecule has 3 aromatic carbocycles. The first kappa shape index (κ1) is 15.6. The minimum absolute atomic E-state index is 0.534. The predicted molar refractivity (Wildman–Crippen MR) is 105 cm³/mol. The molecule has 0 unspecified atom stereocenters. The molecule has 1 aromatic heterocycles. The van der Waals surface area contributed by atoms with Crippen molar-refractivity contribution in [2.45, 2.75) is 13.5 Å². The Bertz CT molecular complexity index is 1040. The van der Waals surface area contributed by atoms with Gasteiger partial charge in [0.25, 0.3) is 0 Å². The smallest absolute Gasteiger partial charge is 0.0745 e. The molecule has 0 atom stereocenters. The number of aromatic nitrogens is 1. The minimum Gasteiger partial charge on any atom is -0.326 e. The molecule has 0 aliphatic heterocycles. The van der Waals surface area contributed by atoms with Crippen LogP contribution in [0.25, 0.3) is 33.3 Å². The Morgan fingerprint density at radius 3 is 2.32 bits per heavy atom. The first-order chi connectivity index (χ1) is 12.3. The van der Waals surface area contributed by atoms with Gasteiger partial charge < -0.3 is 5.73 Å². The van der Waals surface area contributed by atoms with Crippen molar-refractivity contribution in [2.75, 3.05) is 0 Å². The topological polar surface area (TPSA) is 38.9 Å². The third kappa shape index (κ3) is 2.81. The molecule has 0 bridgehead atoms. The molecule has 0 saturated carbocycles. The monoisotopic (exact) mass is 324 g/mol. The zero-order valence-corrected chi connectivity index (χ0v) is 14.2. The number of hydrogen-bond donors (Lipinski definition) is 1. The second-order valence-corrected chi connectivity index (χ2v) is 6.25. The van der Waals surface area contributed by atoms with Gasteiger partial charge in [-0.2, -0.15) is 0 Å². The molecule has 0 amide bonds. The van der Waals surface area contributed by atoms with Crippen molar-refractivity contribution in [3.63, 3.8) is 0 Å². The van der Waals surface area contributed by atoms with Gasteiger partial charge in [0.15, 0.2) is 0 Å². The Morgan fingerprint density at radius 1 is 0.800 bits per heavy atom. The molecular formula is C23H20N2. The number of nitrogens with zero attached hydrogens (tertiary/aromatic N) is 1. The molecule has 2 nitrogen and oxygen atoms in total. The van der Waals surface area contributed by atoms with Gasteiger partial charge in [-0.3, -0.25) is 0 Å². The number of benzene rings is 3. The van der Waals surface area contributed by atoms with Crippen molar-refractivity contribution in [3.05, 3.63) is 90.0 Å². The van der Waals surface area contributed by atoms with E-state index in [0.717, 1.165) is 22.3 Å². The van der Waals surface area contributed by atoms with Crippen LogP contribution in [-0.2, 0) is 6.54 Å². The maximum Gasteiger partial charge on any atom is 0.0745 e. The fourth-order valence-corrected chi connectivity index (χ4v) is 3.41. The van der Waals surface area contributed by atoms with Crippen molar-refractivity contribution in [1.82, 2.24) is 4.98 Å². The summed E-state index contributed by atoms with van der Waals surface area (Å²) in [5.41, 5.74) is 13.8. The Kier molecular flexibility index (Phi) is 4.04. The van der Waals surface area contributed by atoms with Crippen LogP contribution in [0.4, 0.5) is 0 Å². The summed E-state index contributed by atoms with van der Waals surface area (Å²) in [7, 11) is 0. The van der Waals surface area contributed by atoms with E-state index in [1.807, 2.05) is 12.1 Å². The van der Waals surface area contributed by atoms with Gasteiger partial charge in [0, 0.05) is 17.5 Å². The van der Waals surface area contributed by atoms with Gasteiger partial charge in [0.1, 0.15) is 0 Å². The highest BCUT2D eigenvalue weighted by atomic mass is 14.7. The largest absolute Gasteiger partial charge is 0.326 e. The SMILES string of the molecule is Cc1c(-c2cccc(CN)c2)nc2ccccc2c1-c1ccccc1. The third-order valence-electron chi connectivity index (χ3n) is 4.63. The standard InChI is InChI=1S/C23H20N2/c1-16-22(18-9-3-2-4-10-18)20-12-5-6-13-21(20)25-23(16)19-11-7-8-17(14-19)15-24/h2-14H,15,24H2,1H3. The quantitative estimate of drug-likeness (QED) is 0.553. The minimum atomic E-state index is 0.534. The zero-order chi connectivity index (χ0) is 17.2. The van der Waals surface area contributed by atoms with Crippen LogP contribution in [0.5, 0.6) is 0 Å². The molecule has 2 heteroatoms. The Morgan fingerprint density at radius 2 is 1.52 bits per heavy atom. The molecular weight excluding hydrogens is 304 g/mol. The fraction of sp³-hybridized carbons (Fsp3) is 0.0870. The van der Waals surface area contributed by atoms with E-state index in [2.05, 4.69) is 73.7 Å². The van der Waals surface area contributed by atoms with Crippen LogP contribution in [0.2, 0.25) is 0 Å². The van der Waals surface area contributed by atoms with Crippen molar-refractivity contribution >= 4 is 10.9 Å². The molecule has 4 rings (SSSR count). The van der Waals surface area contributed by atoms with E-state index in [1.165, 1.54) is 22.1 Å². The Hall–Kier alpha value is -2.97. The van der Waals surface area contributed by atoms with Crippen molar-refractivity contribution in [3.8, 4) is 22.4 Å². The highest BCUT2D eigenvalue weighted by Gasteiger charge is 2.14. The molecule has 4 aromatic rings. The molecule has 0 aliphatic rings. The number of hydrogen-bond acceptors (Lipinski definition) is 2. The molecule has 0 spiro atoms. The zero-order valence-electron chi connectivity index (χ0n) is 14.2. The third-order valence-corrected chi connectivity index (χ3v) is 4.63. The fourth-order valence-electron chi connectivity index (χ4n) is 3.41. The van der Waals surface area contributed by atoms with Crippen LogP contribution < -0.4 is 5.73 Å². The van der Waals surface area contributed by atoms with Gasteiger partial charge in [-0.05, 0) is 41.3 Å². The van der Waals surface area contributed by atoms with Crippen molar-refractivity contribution in [1.29, 1.82) is 0 Å². The lowest BCUT2D eigenvalue weighted by Crippen LogP contribution is -1.98. The first-order valence-corrected chi connectivity index (χ1v) is 8.52. The van der Waals surface area contributed by atoms with E-state index >= 15 is 0 Å². The average Bonchev–Trinajstić information content (AvgIpc) is 2.68. The summed E-state index contributed by atoms with van der Waals surface area (Å²) in [6, 6.07) is 27.2. The predicted octanol–water partition coefficient (Wildman–Crippen LogP) is 5.34. The second kappa shape index (κ2) is 6.50. The van der Waals surface area contributed by atoms with E-state index in [9.17, 15) is 0 Å². The summed E-state index contributed by atoms with van der Waals surface area (Å²) < 4.78 is 0. The van der Waals surface area contributed by atoms with Gasteiger partial charge in [-0.15, -0.1) is 0 Å². The van der Waals surface area contributed by atoms with E-state index in [1.54, 1.807) is 0 Å². The number of pyridine rings is 1. The molecule has 122 valence electrons. The van der Waals surface area contributed by atoms with Gasteiger partial charge in [0.05, 0.1) is 11.2 Å². The van der Waals surface area contributed by atoms with Crippen molar-refractivity contribution in [2.24, 2.45) is 5.73 Å². The lowest BCUT2D eigenvalue weighted by atomic mass is 9.92. The number of nitrogens with two attached hydrogens (primary N) is 1. The molecule has 25 heavy (non-hydrogen) atoms. The summed E-state index contributed by atoms with van der Waals surface area (Å²) in [5, 5.41) is 1.19. The van der Waals surface area contributed by atoms with Gasteiger partial charge in [-0.1, -0.05) is 66.7 Å². The van der Waals surface area contributed by atoms with Crippen molar-refractivity contribution < 1.29 is 0 Å². The van der Waals surface area contributed by atoms with Gasteiger partial charge in [0.2, 0.25) is 0 Å². The summed E-state index contributed by atoms with van der Waals surface area (Å²) >= 11 is 0. The number of fused-ring (bicyclic) bond motifs is 1. The Balaban J connectivity index is 2.05. The molecule has 0 radical (unpaired) electrons. The average molecular weight is 324 g/mol. The highest BCUT2D eigenvalue weighted by molar-refractivity contribution is 5.99. The van der Waals surface area contributed by atoms with E-state index in [4.69, 9.17) is 10.7 Å². The first-order valence-electron chi connectivity index (χ1n) is 8.52. The van der Waals surface area contributed by atoms with Gasteiger partial charge >= 0.3 is 0 Å². The summed E-state index contributed by atoms with van der Waals surface area (Å²) in [5.74, 6) is 0. The maximum atomic E-state index is 5.83. The lowest BCUT2D eigenvalue weighted by molar-refractivity contribution is 1.07. The molecule has 2 N–H and O–H groups in total. The lowest BCUT2D eigenvalue weighted by Gasteiger charge is -2.15. The summed E-state index contributed by atoms with van der Waals surface area (Å²) in [6.45, 7) is 2.69. The van der Waals surface area contributed by atoms with Gasteiger partial charge in [-0.25, -0.2) is 4.98 Å². The van der Waals surface area contributed by atoms with E-state index in [0.29, 0.717) is 6.54 Å². The van der Waals surface area contributed by atoms with Crippen LogP contribution >= 0.6 is 0 Å². The Labute approximate surface area is 148 Å². The van der Waals surface area contributed by atoms with E-state index < -0.39 is 0 Å². The summed E-state index contributed by atoms with van der Waals surface area (Å²) in [4.78, 5) is 4.97. The number of para-hydroxylation sites is 1. The highest BCUT2D eigenvalue weighted by Crippen LogP contribution is 2.36. The summed E-state index contributed by atoms with van der Waals surface area (Å²) in [6.07, 6.45) is 0. The van der Waals surface area contributed by atoms with Crippen LogP contribution in [-0.4, -0.2) is 4.98 Å².